The summed E-state index contributed by atoms with van der Waals surface area (Å²) in [5, 5.41) is 7.11. The van der Waals surface area contributed by atoms with E-state index in [2.05, 4.69) is 10.3 Å². The van der Waals surface area contributed by atoms with Gasteiger partial charge in [-0.2, -0.15) is 0 Å². The summed E-state index contributed by atoms with van der Waals surface area (Å²) in [6.07, 6.45) is 1.73. The van der Waals surface area contributed by atoms with E-state index in [1.165, 1.54) is 4.90 Å². The van der Waals surface area contributed by atoms with Gasteiger partial charge >= 0.3 is 12.1 Å². The van der Waals surface area contributed by atoms with Crippen molar-refractivity contribution in [3.05, 3.63) is 47.0 Å². The fraction of sp³-hybridized carbons (Fsp3) is 0.478. The van der Waals surface area contributed by atoms with E-state index in [-0.39, 0.29) is 23.9 Å². The Morgan fingerprint density at radius 1 is 1.12 bits per heavy atom. The quantitative estimate of drug-likeness (QED) is 0.699. The summed E-state index contributed by atoms with van der Waals surface area (Å²) in [6.45, 7) is 8.19. The largest absolute Gasteiger partial charge is 0.344 e. The van der Waals surface area contributed by atoms with Gasteiger partial charge in [0.05, 0.1) is 18.4 Å². The Labute approximate surface area is 204 Å². The van der Waals surface area contributed by atoms with Crippen molar-refractivity contribution in [2.45, 2.75) is 33.4 Å². The van der Waals surface area contributed by atoms with Gasteiger partial charge in [-0.05, 0) is 37.1 Å². The first-order chi connectivity index (χ1) is 16.2. The van der Waals surface area contributed by atoms with Gasteiger partial charge in [0.1, 0.15) is 11.9 Å². The summed E-state index contributed by atoms with van der Waals surface area (Å²) in [5.41, 5.74) is 1.48. The van der Waals surface area contributed by atoms with Gasteiger partial charge in [0.25, 0.3) is 0 Å². The molecule has 1 fully saturated rings. The minimum atomic E-state index is -0.609. The van der Waals surface area contributed by atoms with Crippen molar-refractivity contribution in [3.8, 4) is 0 Å². The van der Waals surface area contributed by atoms with E-state index in [9.17, 15) is 14.4 Å². The number of urea groups is 1. The Morgan fingerprint density at radius 2 is 1.76 bits per heavy atom. The van der Waals surface area contributed by atoms with Crippen LogP contribution in [0, 0.1) is 12.8 Å². The number of piperazine rings is 1. The molecular weight excluding hydrogens is 458 g/mol. The maximum absolute atomic E-state index is 13.4. The minimum Gasteiger partial charge on any atom is -0.338 e. The number of likely N-dealkylation sites (N-methyl/N-ethyl adjacent to an activating group) is 1. The number of rotatable bonds is 5. The van der Waals surface area contributed by atoms with Crippen LogP contribution in [0.5, 0.6) is 0 Å². The lowest BCUT2D eigenvalue weighted by Gasteiger charge is -2.41. The van der Waals surface area contributed by atoms with Gasteiger partial charge in [-0.15, -0.1) is 0 Å². The molecule has 3 heterocycles. The molecule has 11 heteroatoms. The third-order valence-electron chi connectivity index (χ3n) is 6.36. The number of benzene rings is 1. The monoisotopic (exact) mass is 487 g/mol. The van der Waals surface area contributed by atoms with Crippen LogP contribution in [-0.2, 0) is 11.3 Å². The fourth-order valence-electron chi connectivity index (χ4n) is 4.54. The Morgan fingerprint density at radius 3 is 2.35 bits per heavy atom. The summed E-state index contributed by atoms with van der Waals surface area (Å²) in [4.78, 5) is 46.5. The van der Waals surface area contributed by atoms with Crippen molar-refractivity contribution >= 4 is 35.3 Å². The van der Waals surface area contributed by atoms with E-state index >= 15 is 0 Å². The molecule has 0 radical (unpaired) electrons. The van der Waals surface area contributed by atoms with E-state index in [0.717, 1.165) is 5.69 Å². The molecule has 1 N–H and O–H groups in total. The van der Waals surface area contributed by atoms with Crippen molar-refractivity contribution in [2.75, 3.05) is 38.5 Å². The van der Waals surface area contributed by atoms with E-state index in [4.69, 9.17) is 11.6 Å². The number of amides is 4. The van der Waals surface area contributed by atoms with Crippen molar-refractivity contribution in [1.29, 1.82) is 0 Å². The lowest BCUT2D eigenvalue weighted by molar-refractivity contribution is -0.141. The van der Waals surface area contributed by atoms with Gasteiger partial charge in [0.15, 0.2) is 0 Å². The zero-order valence-electron chi connectivity index (χ0n) is 19.9. The first kappa shape index (κ1) is 24.0. The Kier molecular flexibility index (Phi) is 6.81. The number of hydrazine groups is 1. The van der Waals surface area contributed by atoms with Crippen LogP contribution in [0.3, 0.4) is 0 Å². The van der Waals surface area contributed by atoms with Gasteiger partial charge in [-0.3, -0.25) is 9.80 Å². The number of nitrogens with one attached hydrogen (secondary N) is 1. The standard InChI is InChI=1S/C23H30ClN7O3/c1-15(2)20(27(4)22(33)26-18-7-5-17(24)6-8-18)21(32)28-9-11-29(12-10-28)30-14-19-13-25-16(3)31(19)23(30)34/h5-8,13,15,20H,9-12,14H2,1-4H3,(H,26,33)/t20-/m1/s1. The number of halogens is 1. The number of hydrogen-bond donors (Lipinski definition) is 1. The first-order valence-electron chi connectivity index (χ1n) is 11.4. The summed E-state index contributed by atoms with van der Waals surface area (Å²) in [6, 6.07) is 5.75. The Hall–Kier alpha value is -3.11. The van der Waals surface area contributed by atoms with Gasteiger partial charge in [0.2, 0.25) is 5.91 Å². The molecule has 0 spiro atoms. The maximum atomic E-state index is 13.4. The number of hydrogen-bond acceptors (Lipinski definition) is 5. The van der Waals surface area contributed by atoms with Gasteiger partial charge in [-0.25, -0.2) is 24.1 Å². The number of aromatic nitrogens is 2. The summed E-state index contributed by atoms with van der Waals surface area (Å²) in [7, 11) is 1.64. The third-order valence-corrected chi connectivity index (χ3v) is 6.61. The molecule has 1 aromatic carbocycles. The van der Waals surface area contributed by atoms with Crippen LogP contribution in [-0.4, -0.2) is 86.6 Å². The van der Waals surface area contributed by atoms with Crippen LogP contribution in [0.25, 0.3) is 0 Å². The van der Waals surface area contributed by atoms with Crippen LogP contribution in [0.2, 0.25) is 5.02 Å². The topological polar surface area (TPSA) is 94.0 Å². The number of anilines is 1. The van der Waals surface area contributed by atoms with Gasteiger partial charge in [-0.1, -0.05) is 25.4 Å². The lowest BCUT2D eigenvalue weighted by atomic mass is 10.0. The second-order valence-electron chi connectivity index (χ2n) is 8.99. The van der Waals surface area contributed by atoms with Crippen molar-refractivity contribution in [1.82, 2.24) is 29.4 Å². The molecule has 1 atom stereocenters. The molecule has 10 nitrogen and oxygen atoms in total. The highest BCUT2D eigenvalue weighted by molar-refractivity contribution is 6.30. The highest BCUT2D eigenvalue weighted by Crippen LogP contribution is 2.22. The summed E-state index contributed by atoms with van der Waals surface area (Å²) >= 11 is 5.91. The van der Waals surface area contributed by atoms with Crippen molar-refractivity contribution in [3.63, 3.8) is 0 Å². The number of aryl methyl sites for hydroxylation is 1. The molecule has 2 aliphatic rings. The van der Waals surface area contributed by atoms with Crippen LogP contribution < -0.4 is 5.32 Å². The third kappa shape index (κ3) is 4.60. The van der Waals surface area contributed by atoms with E-state index in [1.807, 2.05) is 25.8 Å². The molecule has 2 aliphatic heterocycles. The van der Waals surface area contributed by atoms with E-state index in [0.29, 0.717) is 49.3 Å². The second kappa shape index (κ2) is 9.63. The lowest BCUT2D eigenvalue weighted by Crippen LogP contribution is -2.59. The zero-order valence-corrected chi connectivity index (χ0v) is 20.6. The van der Waals surface area contributed by atoms with Gasteiger partial charge in [0, 0.05) is 43.9 Å². The van der Waals surface area contributed by atoms with Crippen molar-refractivity contribution < 1.29 is 14.4 Å². The van der Waals surface area contributed by atoms with Crippen LogP contribution in [0.1, 0.15) is 25.4 Å². The summed E-state index contributed by atoms with van der Waals surface area (Å²) in [5.74, 6) is 0.506. The average molecular weight is 488 g/mol. The molecular formula is C23H30ClN7O3. The molecule has 4 rings (SSSR count). The fourth-order valence-corrected chi connectivity index (χ4v) is 4.66. The molecule has 34 heavy (non-hydrogen) atoms. The number of nitrogens with zero attached hydrogens (tertiary/aromatic N) is 6. The molecule has 0 unspecified atom stereocenters. The SMILES string of the molecule is Cc1ncc2n1C(=O)N(N1CCN(C(=O)[C@@H](C(C)C)N(C)C(=O)Nc3ccc(Cl)cc3)CC1)C2. The predicted octanol–water partition coefficient (Wildman–Crippen LogP) is 2.88. The molecule has 0 aliphatic carbocycles. The van der Waals surface area contributed by atoms with Crippen molar-refractivity contribution in [2.24, 2.45) is 5.92 Å². The smallest absolute Gasteiger partial charge is 0.338 e. The molecule has 1 saturated heterocycles. The number of imidazole rings is 1. The highest BCUT2D eigenvalue weighted by Gasteiger charge is 2.38. The van der Waals surface area contributed by atoms with Gasteiger partial charge < -0.3 is 15.1 Å². The van der Waals surface area contributed by atoms with Crippen LogP contribution in [0.4, 0.5) is 15.3 Å². The highest BCUT2D eigenvalue weighted by atomic mass is 35.5. The predicted molar refractivity (Wildman–Crippen MR) is 128 cm³/mol. The Balaban J connectivity index is 1.37. The van der Waals surface area contributed by atoms with Crippen LogP contribution in [0.15, 0.2) is 30.5 Å². The van der Waals surface area contributed by atoms with E-state index in [1.54, 1.807) is 52.0 Å². The zero-order chi connectivity index (χ0) is 24.6. The Bertz CT molecular complexity index is 1080. The van der Waals surface area contributed by atoms with E-state index < -0.39 is 6.04 Å². The maximum Gasteiger partial charge on any atom is 0.344 e. The average Bonchev–Trinajstić information content (AvgIpc) is 3.34. The normalized spacial score (nSPS) is 17.2. The molecule has 1 aromatic heterocycles. The minimum absolute atomic E-state index is 0.0759. The number of fused-ring (bicyclic) bond motifs is 1. The first-order valence-corrected chi connectivity index (χ1v) is 11.7. The molecule has 2 aromatic rings. The molecule has 4 amide bonds. The second-order valence-corrected chi connectivity index (χ2v) is 9.42. The van der Waals surface area contributed by atoms with Crippen LogP contribution >= 0.6 is 11.6 Å². The molecule has 0 bridgehead atoms. The summed E-state index contributed by atoms with van der Waals surface area (Å²) < 4.78 is 1.63. The molecule has 182 valence electrons. The number of carbonyl (C=O) groups is 3. The number of carbonyl (C=O) groups excluding carboxylic acids is 3. The molecule has 0 saturated carbocycles.